The Morgan fingerprint density at radius 2 is 2.00 bits per heavy atom. The molecule has 2 fully saturated rings. The summed E-state index contributed by atoms with van der Waals surface area (Å²) in [7, 11) is 0. The predicted molar refractivity (Wildman–Crippen MR) is 71.0 cm³/mol. The second-order valence-corrected chi connectivity index (χ2v) is 5.71. The van der Waals surface area contributed by atoms with E-state index in [0.717, 1.165) is 25.0 Å². The van der Waals surface area contributed by atoms with Gasteiger partial charge in [0.2, 0.25) is 11.8 Å². The van der Waals surface area contributed by atoms with Crippen molar-refractivity contribution in [2.45, 2.75) is 38.4 Å². The van der Waals surface area contributed by atoms with E-state index in [1.54, 1.807) is 6.92 Å². The summed E-state index contributed by atoms with van der Waals surface area (Å²) in [5.41, 5.74) is 0.220. The lowest BCUT2D eigenvalue weighted by Crippen LogP contribution is -2.62. The van der Waals surface area contributed by atoms with Gasteiger partial charge in [-0.05, 0) is 31.7 Å². The summed E-state index contributed by atoms with van der Waals surface area (Å²) >= 11 is 0. The maximum Gasteiger partial charge on any atom is 0.245 e. The molecule has 1 saturated heterocycles. The largest absolute Gasteiger partial charge is 0.343 e. The van der Waals surface area contributed by atoms with E-state index < -0.39 is 23.7 Å². The Labute approximate surface area is 121 Å². The number of rotatable bonds is 3. The van der Waals surface area contributed by atoms with E-state index in [1.807, 2.05) is 0 Å². The van der Waals surface area contributed by atoms with Gasteiger partial charge in [-0.15, -0.1) is 0 Å². The van der Waals surface area contributed by atoms with Gasteiger partial charge >= 0.3 is 0 Å². The number of nitrogens with zero attached hydrogens (tertiary/aromatic N) is 1. The van der Waals surface area contributed by atoms with Crippen LogP contribution >= 0.6 is 0 Å². The third-order valence-electron chi connectivity index (χ3n) is 4.04. The Balaban J connectivity index is 1.88. The van der Waals surface area contributed by atoms with Crippen molar-refractivity contribution >= 4 is 11.8 Å². The first-order valence-corrected chi connectivity index (χ1v) is 7.02. The van der Waals surface area contributed by atoms with Crippen LogP contribution in [0.2, 0.25) is 0 Å². The van der Waals surface area contributed by atoms with Gasteiger partial charge < -0.3 is 10.2 Å². The molecule has 2 unspecified atom stereocenters. The van der Waals surface area contributed by atoms with E-state index in [-0.39, 0.29) is 29.8 Å². The third-order valence-corrected chi connectivity index (χ3v) is 4.04. The molecule has 0 bridgehead atoms. The first kappa shape index (κ1) is 14.0. The number of benzene rings is 1. The van der Waals surface area contributed by atoms with Crippen LogP contribution in [-0.4, -0.2) is 28.8 Å². The molecule has 1 heterocycles. The zero-order valence-corrected chi connectivity index (χ0v) is 11.6. The SMILES string of the molecule is CC1NC(=O)C(C2CC2)N(Cc2ccc(F)cc2F)C1=O. The van der Waals surface area contributed by atoms with E-state index in [1.165, 1.54) is 11.0 Å². The molecule has 1 N–H and O–H groups in total. The van der Waals surface area contributed by atoms with Gasteiger partial charge in [0.25, 0.3) is 0 Å². The minimum Gasteiger partial charge on any atom is -0.343 e. The molecule has 0 spiro atoms. The number of halogens is 2. The standard InChI is InChI=1S/C15H16F2N2O2/c1-8-15(21)19(13(9-2-3-9)14(20)18-8)7-10-4-5-11(16)6-12(10)17/h4-6,8-9,13H,2-3,7H2,1H3,(H,18,20). The Bertz CT molecular complexity index is 601. The van der Waals surface area contributed by atoms with Crippen LogP contribution in [0, 0.1) is 17.6 Å². The molecule has 4 nitrogen and oxygen atoms in total. The van der Waals surface area contributed by atoms with Gasteiger partial charge in [-0.2, -0.15) is 0 Å². The summed E-state index contributed by atoms with van der Waals surface area (Å²) < 4.78 is 26.7. The molecule has 0 radical (unpaired) electrons. The number of hydrogen-bond donors (Lipinski definition) is 1. The number of amides is 2. The summed E-state index contributed by atoms with van der Waals surface area (Å²) in [5, 5.41) is 2.66. The summed E-state index contributed by atoms with van der Waals surface area (Å²) in [4.78, 5) is 25.9. The highest BCUT2D eigenvalue weighted by Gasteiger charge is 2.46. The normalized spacial score (nSPS) is 26.0. The molecule has 1 saturated carbocycles. The highest BCUT2D eigenvalue weighted by Crippen LogP contribution is 2.37. The minimum absolute atomic E-state index is 0.0100. The Morgan fingerprint density at radius 1 is 1.29 bits per heavy atom. The lowest BCUT2D eigenvalue weighted by molar-refractivity contribution is -0.150. The van der Waals surface area contributed by atoms with Crippen molar-refractivity contribution in [1.82, 2.24) is 10.2 Å². The molecular formula is C15H16F2N2O2. The van der Waals surface area contributed by atoms with Gasteiger partial charge in [0.15, 0.2) is 0 Å². The van der Waals surface area contributed by atoms with Gasteiger partial charge in [0.05, 0.1) is 0 Å². The smallest absolute Gasteiger partial charge is 0.245 e. The van der Waals surface area contributed by atoms with E-state index in [4.69, 9.17) is 0 Å². The fourth-order valence-corrected chi connectivity index (χ4v) is 2.78. The first-order chi connectivity index (χ1) is 9.97. The molecule has 2 atom stereocenters. The molecule has 6 heteroatoms. The zero-order chi connectivity index (χ0) is 15.1. The molecular weight excluding hydrogens is 278 g/mol. The topological polar surface area (TPSA) is 49.4 Å². The Morgan fingerprint density at radius 3 is 2.62 bits per heavy atom. The second-order valence-electron chi connectivity index (χ2n) is 5.71. The lowest BCUT2D eigenvalue weighted by Gasteiger charge is -2.38. The van der Waals surface area contributed by atoms with Crippen molar-refractivity contribution < 1.29 is 18.4 Å². The summed E-state index contributed by atoms with van der Waals surface area (Å²) in [6.45, 7) is 1.60. The van der Waals surface area contributed by atoms with Gasteiger partial charge in [-0.1, -0.05) is 6.07 Å². The average molecular weight is 294 g/mol. The van der Waals surface area contributed by atoms with Crippen molar-refractivity contribution in [3.8, 4) is 0 Å². The van der Waals surface area contributed by atoms with Crippen LogP contribution in [0.25, 0.3) is 0 Å². The lowest BCUT2D eigenvalue weighted by atomic mass is 10.0. The third kappa shape index (κ3) is 2.62. The maximum atomic E-state index is 13.8. The number of nitrogens with one attached hydrogen (secondary N) is 1. The molecule has 1 aliphatic carbocycles. The number of carbonyl (C=O) groups excluding carboxylic acids is 2. The molecule has 2 aliphatic rings. The summed E-state index contributed by atoms with van der Waals surface area (Å²) in [6, 6.07) is 2.11. The van der Waals surface area contributed by atoms with Crippen molar-refractivity contribution in [3.63, 3.8) is 0 Å². The maximum absolute atomic E-state index is 13.8. The molecule has 1 aliphatic heterocycles. The number of piperazine rings is 1. The van der Waals surface area contributed by atoms with E-state index in [2.05, 4.69) is 5.32 Å². The Kier molecular flexibility index (Phi) is 3.39. The van der Waals surface area contributed by atoms with E-state index in [0.29, 0.717) is 0 Å². The predicted octanol–water partition coefficient (Wildman–Crippen LogP) is 1.59. The van der Waals surface area contributed by atoms with E-state index in [9.17, 15) is 18.4 Å². The van der Waals surface area contributed by atoms with Crippen molar-refractivity contribution in [2.24, 2.45) is 5.92 Å². The molecule has 3 rings (SSSR count). The first-order valence-electron chi connectivity index (χ1n) is 7.02. The summed E-state index contributed by atoms with van der Waals surface area (Å²) in [6.07, 6.45) is 1.78. The molecule has 0 aromatic heterocycles. The van der Waals surface area contributed by atoms with Gasteiger partial charge in [-0.3, -0.25) is 9.59 Å². The van der Waals surface area contributed by atoms with Crippen molar-refractivity contribution in [3.05, 3.63) is 35.4 Å². The van der Waals surface area contributed by atoms with Crippen LogP contribution in [0.1, 0.15) is 25.3 Å². The van der Waals surface area contributed by atoms with Crippen LogP contribution in [0.15, 0.2) is 18.2 Å². The highest BCUT2D eigenvalue weighted by molar-refractivity contribution is 5.97. The molecule has 1 aromatic rings. The zero-order valence-electron chi connectivity index (χ0n) is 11.6. The highest BCUT2D eigenvalue weighted by atomic mass is 19.1. The van der Waals surface area contributed by atoms with Crippen LogP contribution < -0.4 is 5.32 Å². The number of hydrogen-bond acceptors (Lipinski definition) is 2. The second kappa shape index (κ2) is 5.09. The van der Waals surface area contributed by atoms with Gasteiger partial charge in [0, 0.05) is 18.2 Å². The van der Waals surface area contributed by atoms with Crippen LogP contribution in [0.4, 0.5) is 8.78 Å². The summed E-state index contributed by atoms with van der Waals surface area (Å²) in [5.74, 6) is -1.63. The molecule has 112 valence electrons. The Hall–Kier alpha value is -1.98. The fourth-order valence-electron chi connectivity index (χ4n) is 2.78. The molecule has 2 amide bonds. The molecule has 21 heavy (non-hydrogen) atoms. The van der Waals surface area contributed by atoms with Crippen molar-refractivity contribution in [2.75, 3.05) is 0 Å². The quantitative estimate of drug-likeness (QED) is 0.920. The minimum atomic E-state index is -0.698. The fraction of sp³-hybridized carbons (Fsp3) is 0.467. The monoisotopic (exact) mass is 294 g/mol. The average Bonchev–Trinajstić information content (AvgIpc) is 3.23. The van der Waals surface area contributed by atoms with Crippen LogP contribution in [0.5, 0.6) is 0 Å². The van der Waals surface area contributed by atoms with Crippen LogP contribution in [-0.2, 0) is 16.1 Å². The van der Waals surface area contributed by atoms with Gasteiger partial charge in [0.1, 0.15) is 23.7 Å². The van der Waals surface area contributed by atoms with E-state index >= 15 is 0 Å². The van der Waals surface area contributed by atoms with Crippen molar-refractivity contribution in [1.29, 1.82) is 0 Å². The van der Waals surface area contributed by atoms with Gasteiger partial charge in [-0.25, -0.2) is 8.78 Å². The molecule has 1 aromatic carbocycles. The van der Waals surface area contributed by atoms with Crippen LogP contribution in [0.3, 0.4) is 0 Å². The number of carbonyl (C=O) groups is 2.